The lowest BCUT2D eigenvalue weighted by Gasteiger charge is -2.40. The zero-order valence-corrected chi connectivity index (χ0v) is 67.4. The molecule has 2 spiro atoms. The average Bonchev–Trinajstić information content (AvgIpc) is 1.50. The molecular formula is C114H68N6S2. The van der Waals surface area contributed by atoms with Gasteiger partial charge in [-0.25, -0.2) is 19.9 Å². The third-order valence-corrected chi connectivity index (χ3v) is 28.7. The molecule has 0 bridgehead atoms. The van der Waals surface area contributed by atoms with E-state index in [1.54, 1.807) is 0 Å². The van der Waals surface area contributed by atoms with Gasteiger partial charge < -0.3 is 9.13 Å². The van der Waals surface area contributed by atoms with E-state index in [9.17, 15) is 0 Å². The molecule has 0 amide bonds. The predicted molar refractivity (Wildman–Crippen MR) is 502 cm³/mol. The van der Waals surface area contributed by atoms with E-state index in [0.717, 1.165) is 105 Å². The smallest absolute Gasteiger partial charge is 0.164 e. The van der Waals surface area contributed by atoms with Gasteiger partial charge >= 0.3 is 0 Å². The van der Waals surface area contributed by atoms with Crippen molar-refractivity contribution < 1.29 is 0 Å². The fraction of sp³-hybridized carbons (Fsp3) is 0.0175. The quantitative estimate of drug-likeness (QED) is 0.144. The average molecular weight is 1590 g/mol. The minimum Gasteiger partial charge on any atom is -0.307 e. The van der Waals surface area contributed by atoms with E-state index < -0.39 is 10.8 Å². The highest BCUT2D eigenvalue weighted by molar-refractivity contribution is 8.00. The Labute approximate surface area is 712 Å². The minimum atomic E-state index is -0.696. The van der Waals surface area contributed by atoms with Crippen LogP contribution in [0.5, 0.6) is 0 Å². The normalized spacial score (nSPS) is 14.3. The first-order valence-corrected chi connectivity index (χ1v) is 43.4. The van der Waals surface area contributed by atoms with Crippen LogP contribution in [0.4, 0.5) is 0 Å². The number of benzene rings is 18. The van der Waals surface area contributed by atoms with Gasteiger partial charge in [-0.2, -0.15) is 0 Å². The van der Waals surface area contributed by atoms with Crippen molar-refractivity contribution in [3.8, 4) is 113 Å². The Kier molecular flexibility index (Phi) is 15.1. The van der Waals surface area contributed by atoms with Crippen molar-refractivity contribution in [2.24, 2.45) is 0 Å². The fourth-order valence-corrected chi connectivity index (χ4v) is 23.9. The Morgan fingerprint density at radius 2 is 0.598 bits per heavy atom. The van der Waals surface area contributed by atoms with Crippen LogP contribution >= 0.6 is 23.5 Å². The van der Waals surface area contributed by atoms with Gasteiger partial charge in [-0.3, -0.25) is 0 Å². The van der Waals surface area contributed by atoms with Crippen molar-refractivity contribution in [2.75, 3.05) is 0 Å². The molecule has 6 heterocycles. The first kappa shape index (κ1) is 68.9. The van der Waals surface area contributed by atoms with Gasteiger partial charge in [0.05, 0.1) is 55.7 Å². The summed E-state index contributed by atoms with van der Waals surface area (Å²) in [5, 5.41) is 9.25. The Morgan fingerprint density at radius 3 is 1.16 bits per heavy atom. The molecule has 566 valence electrons. The lowest BCUT2D eigenvalue weighted by Crippen LogP contribution is -2.32. The maximum absolute atomic E-state index is 5.57. The summed E-state index contributed by atoms with van der Waals surface area (Å²) in [7, 11) is 0. The third-order valence-electron chi connectivity index (χ3n) is 26.3. The Hall–Kier alpha value is -15.1. The Balaban J connectivity index is 0.612. The summed E-state index contributed by atoms with van der Waals surface area (Å²) < 4.78 is 5.12. The molecule has 26 rings (SSSR count). The zero-order chi connectivity index (χ0) is 79.9. The molecule has 0 fully saturated rings. The largest absolute Gasteiger partial charge is 0.307 e. The number of pyridine rings is 1. The second-order valence-corrected chi connectivity index (χ2v) is 34.5. The van der Waals surface area contributed by atoms with Crippen LogP contribution in [-0.4, -0.2) is 29.1 Å². The van der Waals surface area contributed by atoms with E-state index >= 15 is 0 Å². The molecule has 2 aliphatic carbocycles. The maximum atomic E-state index is 5.57. The molecule has 6 nitrogen and oxygen atoms in total. The van der Waals surface area contributed by atoms with Crippen LogP contribution in [0.3, 0.4) is 0 Å². The summed E-state index contributed by atoms with van der Waals surface area (Å²) in [5.41, 5.74) is 32.3. The van der Waals surface area contributed by atoms with Crippen LogP contribution < -0.4 is 0 Å². The molecule has 0 N–H and O–H groups in total. The molecule has 0 saturated heterocycles. The summed E-state index contributed by atoms with van der Waals surface area (Å²) in [5.74, 6) is 1.80. The van der Waals surface area contributed by atoms with Crippen molar-refractivity contribution in [2.45, 2.75) is 30.4 Å². The highest BCUT2D eigenvalue weighted by atomic mass is 32.2. The number of hydrogen-bond acceptors (Lipinski definition) is 6. The number of aromatic nitrogens is 6. The van der Waals surface area contributed by atoms with Gasteiger partial charge in [-0.1, -0.05) is 381 Å². The van der Waals surface area contributed by atoms with Gasteiger partial charge in [0.15, 0.2) is 17.5 Å². The highest BCUT2D eigenvalue weighted by Crippen LogP contribution is 2.67. The minimum absolute atomic E-state index is 0.535. The van der Waals surface area contributed by atoms with Crippen molar-refractivity contribution in [3.05, 3.63) is 457 Å². The van der Waals surface area contributed by atoms with Crippen LogP contribution in [0.2, 0.25) is 0 Å². The van der Waals surface area contributed by atoms with E-state index in [4.69, 9.17) is 19.9 Å². The van der Waals surface area contributed by atoms with E-state index in [-0.39, 0.29) is 0 Å². The monoisotopic (exact) mass is 1580 g/mol. The van der Waals surface area contributed by atoms with E-state index in [2.05, 4.69) is 416 Å². The van der Waals surface area contributed by atoms with Gasteiger partial charge in [0, 0.05) is 79.7 Å². The molecule has 8 heteroatoms. The molecule has 122 heavy (non-hydrogen) atoms. The Morgan fingerprint density at radius 1 is 0.205 bits per heavy atom. The first-order valence-electron chi connectivity index (χ1n) is 41.7. The molecular weight excluding hydrogens is 1520 g/mol. The molecule has 4 aliphatic rings. The van der Waals surface area contributed by atoms with Gasteiger partial charge in [0.2, 0.25) is 0 Å². The van der Waals surface area contributed by atoms with Crippen molar-refractivity contribution in [1.29, 1.82) is 0 Å². The van der Waals surface area contributed by atoms with Crippen molar-refractivity contribution in [1.82, 2.24) is 29.1 Å². The number of hydrogen-bond donors (Lipinski definition) is 0. The Bertz CT molecular complexity index is 8110. The van der Waals surface area contributed by atoms with Crippen LogP contribution in [0.1, 0.15) is 44.5 Å². The van der Waals surface area contributed by atoms with E-state index in [1.165, 1.54) is 119 Å². The van der Waals surface area contributed by atoms with Crippen LogP contribution in [-0.2, 0) is 10.8 Å². The standard InChI is InChI=1S/C114H68N6S2/c1-4-29-69(30-5-1)74-67-97(71-31-6-2-7-32-71)115-98(68-74)80-61-65-101(81-39-12-10-35-76(80)81)119-99-51-24-17-42-84(99)86-60-64-96-109(107(86)119)122-104-54-27-23-49-93(104)114(96)91-47-21-16-43-88(91)105-75(44-28-50-94(105)114)70-55-57-73(58-56-70)111-116-110(72-33-8-3-9-34-72)117-112(118-111)87-62-66-102(82-40-13-11-36-77(82)87)120-100-52-25-18-41-83(100)85-59-63-95-108(106(85)120)121-103-53-26-22-48-92(103)113(95)89-45-19-14-37-78(89)79-38-15-20-46-90(79)113/h1-68H. The van der Waals surface area contributed by atoms with Gasteiger partial charge in [0.1, 0.15) is 0 Å². The van der Waals surface area contributed by atoms with E-state index in [1.807, 2.05) is 29.6 Å². The highest BCUT2D eigenvalue weighted by Gasteiger charge is 2.53. The summed E-state index contributed by atoms with van der Waals surface area (Å²) in [6.07, 6.45) is 0. The van der Waals surface area contributed by atoms with Crippen molar-refractivity contribution in [3.63, 3.8) is 0 Å². The molecule has 1 unspecified atom stereocenters. The van der Waals surface area contributed by atoms with Gasteiger partial charge in [-0.15, -0.1) is 0 Å². The topological polar surface area (TPSA) is 61.4 Å². The summed E-state index contributed by atoms with van der Waals surface area (Å²) in [4.78, 5) is 26.9. The molecule has 0 saturated carbocycles. The third kappa shape index (κ3) is 9.81. The summed E-state index contributed by atoms with van der Waals surface area (Å²) >= 11 is 3.81. The fourth-order valence-electron chi connectivity index (χ4n) is 21.3. The number of para-hydroxylation sites is 2. The maximum Gasteiger partial charge on any atom is 0.164 e. The first-order chi connectivity index (χ1) is 60.5. The van der Waals surface area contributed by atoms with Crippen LogP contribution in [0.25, 0.3) is 178 Å². The predicted octanol–water partition coefficient (Wildman–Crippen LogP) is 29.1. The lowest BCUT2D eigenvalue weighted by molar-refractivity contribution is 0.724. The number of rotatable bonds is 9. The zero-order valence-electron chi connectivity index (χ0n) is 65.8. The number of fused-ring (bicyclic) bond motifs is 28. The summed E-state index contributed by atoms with van der Waals surface area (Å²) in [6, 6.07) is 152. The molecule has 0 radical (unpaired) electrons. The van der Waals surface area contributed by atoms with Crippen LogP contribution in [0.15, 0.2) is 432 Å². The second kappa shape index (κ2) is 26.7. The molecule has 4 aromatic heterocycles. The molecule has 1 atom stereocenters. The SMILES string of the molecule is c1ccc(-c2cc(-c3ccccc3)nc(-c3ccc(-n4c5ccccc5c5ccc6c(c54)Sc4ccccc4C64c5ccccc5-c5c(-c6ccc(-c7nc(-c8ccccc8)nc(-c8ccc(-n9c%10ccccc%10c%10ccc%11c(c%109)Sc9ccccc9C%119c%10ccccc%10-c%10ccccc%109)c9ccccc89)n7)cc6)cccc54)c4ccccc34)c2)cc1. The molecule has 22 aromatic rings. The van der Waals surface area contributed by atoms with E-state index in [0.29, 0.717) is 17.5 Å². The van der Waals surface area contributed by atoms with Gasteiger partial charge in [-0.05, 0) is 154 Å². The molecule has 2 aliphatic heterocycles. The molecule has 18 aromatic carbocycles. The van der Waals surface area contributed by atoms with Gasteiger partial charge in [0.25, 0.3) is 0 Å². The number of nitrogens with zero attached hydrogens (tertiary/aromatic N) is 6. The summed E-state index contributed by atoms with van der Waals surface area (Å²) in [6.45, 7) is 0. The van der Waals surface area contributed by atoms with Crippen molar-refractivity contribution >= 4 is 88.7 Å². The lowest BCUT2D eigenvalue weighted by atomic mass is 9.67. The second-order valence-electron chi connectivity index (χ2n) is 32.4. The van der Waals surface area contributed by atoms with Crippen LogP contribution in [0, 0.1) is 0 Å².